The quantitative estimate of drug-likeness (QED) is 0.281. The lowest BCUT2D eigenvalue weighted by Gasteiger charge is -2.31. The predicted octanol–water partition coefficient (Wildman–Crippen LogP) is 1.93. The molecule has 0 atom stereocenters. The summed E-state index contributed by atoms with van der Waals surface area (Å²) < 4.78 is 0. The van der Waals surface area contributed by atoms with Crippen molar-refractivity contribution in [2.24, 2.45) is 22.2 Å². The fourth-order valence-corrected chi connectivity index (χ4v) is 2.94. The first-order valence-corrected chi connectivity index (χ1v) is 6.25. The van der Waals surface area contributed by atoms with Crippen molar-refractivity contribution in [3.8, 4) is 0 Å². The van der Waals surface area contributed by atoms with Crippen LogP contribution in [-0.2, 0) is 0 Å². The van der Waals surface area contributed by atoms with E-state index >= 15 is 0 Å². The third-order valence-corrected chi connectivity index (χ3v) is 3.44. The molecule has 1 saturated carbocycles. The minimum absolute atomic E-state index is 0.262. The number of hydrogen-bond donors (Lipinski definition) is 3. The number of rotatable bonds is 6. The number of hydrogen-bond acceptors (Lipinski definition) is 3. The van der Waals surface area contributed by atoms with Crippen molar-refractivity contribution in [2.45, 2.75) is 46.0 Å². The fraction of sp³-hybridized carbons (Fsp3) is 0.917. The Morgan fingerprint density at radius 1 is 1.44 bits per heavy atom. The highest BCUT2D eigenvalue weighted by Gasteiger charge is 2.33. The average molecular weight is 227 g/mol. The van der Waals surface area contributed by atoms with Crippen molar-refractivity contribution in [1.82, 2.24) is 5.32 Å². The van der Waals surface area contributed by atoms with E-state index in [2.05, 4.69) is 24.3 Å². The van der Waals surface area contributed by atoms with Crippen LogP contribution >= 0.6 is 0 Å². The van der Waals surface area contributed by atoms with Gasteiger partial charge >= 0.3 is 0 Å². The first-order chi connectivity index (χ1) is 7.58. The molecule has 0 aromatic carbocycles. The van der Waals surface area contributed by atoms with Gasteiger partial charge in [-0.2, -0.15) is 0 Å². The second-order valence-corrected chi connectivity index (χ2v) is 5.50. The molecule has 1 rings (SSSR count). The second-order valence-electron chi connectivity index (χ2n) is 5.50. The van der Waals surface area contributed by atoms with Crippen molar-refractivity contribution in [2.75, 3.05) is 13.1 Å². The molecule has 1 fully saturated rings. The molecule has 0 amide bonds. The molecule has 0 aromatic rings. The summed E-state index contributed by atoms with van der Waals surface area (Å²) in [5.74, 6) is 1.00. The molecular formula is C12H25N3O. The van der Waals surface area contributed by atoms with Gasteiger partial charge in [0.1, 0.15) is 0 Å². The van der Waals surface area contributed by atoms with Gasteiger partial charge in [-0.3, -0.25) is 0 Å². The maximum atomic E-state index is 8.46. The van der Waals surface area contributed by atoms with Gasteiger partial charge < -0.3 is 16.3 Å². The molecule has 1 aliphatic rings. The Labute approximate surface area is 98.3 Å². The van der Waals surface area contributed by atoms with Crippen LogP contribution in [0.5, 0.6) is 0 Å². The van der Waals surface area contributed by atoms with Crippen LogP contribution in [0.4, 0.5) is 0 Å². The van der Waals surface area contributed by atoms with Crippen LogP contribution in [0.25, 0.3) is 0 Å². The van der Waals surface area contributed by atoms with Gasteiger partial charge in [-0.1, -0.05) is 31.8 Å². The largest absolute Gasteiger partial charge is 0.409 e. The number of oxime groups is 1. The Morgan fingerprint density at radius 2 is 2.06 bits per heavy atom. The van der Waals surface area contributed by atoms with Gasteiger partial charge in [0.15, 0.2) is 5.84 Å². The fourth-order valence-electron chi connectivity index (χ4n) is 2.94. The molecule has 0 heterocycles. The van der Waals surface area contributed by atoms with E-state index in [9.17, 15) is 0 Å². The number of amidine groups is 1. The summed E-state index contributed by atoms with van der Waals surface area (Å²) in [4.78, 5) is 0. The van der Waals surface area contributed by atoms with Crippen LogP contribution < -0.4 is 11.1 Å². The van der Waals surface area contributed by atoms with Crippen molar-refractivity contribution in [3.05, 3.63) is 0 Å². The van der Waals surface area contributed by atoms with E-state index in [0.717, 1.165) is 12.5 Å². The first kappa shape index (κ1) is 13.3. The summed E-state index contributed by atoms with van der Waals surface area (Å²) in [5.41, 5.74) is 5.89. The maximum absolute atomic E-state index is 8.46. The van der Waals surface area contributed by atoms with Gasteiger partial charge in [-0.15, -0.1) is 0 Å². The van der Waals surface area contributed by atoms with E-state index in [1.54, 1.807) is 0 Å². The molecule has 0 radical (unpaired) electrons. The summed E-state index contributed by atoms with van der Waals surface area (Å²) in [6, 6.07) is 0. The van der Waals surface area contributed by atoms with Crippen LogP contribution in [0.3, 0.4) is 0 Å². The van der Waals surface area contributed by atoms with Gasteiger partial charge in [0.25, 0.3) is 0 Å². The molecular weight excluding hydrogens is 202 g/mol. The van der Waals surface area contributed by atoms with E-state index < -0.39 is 0 Å². The van der Waals surface area contributed by atoms with E-state index in [-0.39, 0.29) is 5.84 Å². The minimum Gasteiger partial charge on any atom is -0.409 e. The monoisotopic (exact) mass is 227 g/mol. The Hall–Kier alpha value is -0.770. The van der Waals surface area contributed by atoms with E-state index in [1.165, 1.54) is 32.1 Å². The van der Waals surface area contributed by atoms with E-state index in [4.69, 9.17) is 10.9 Å². The number of nitrogens with one attached hydrogen (secondary N) is 1. The molecule has 0 aliphatic heterocycles. The van der Waals surface area contributed by atoms with Gasteiger partial charge in [0.2, 0.25) is 0 Å². The van der Waals surface area contributed by atoms with Crippen molar-refractivity contribution >= 4 is 5.84 Å². The zero-order valence-electron chi connectivity index (χ0n) is 10.5. The minimum atomic E-state index is 0.262. The number of nitrogens with two attached hydrogens (primary N) is 1. The van der Waals surface area contributed by atoms with Gasteiger partial charge in [0.05, 0.1) is 6.54 Å². The molecule has 0 saturated heterocycles. The van der Waals surface area contributed by atoms with Crippen LogP contribution in [0.2, 0.25) is 0 Å². The van der Waals surface area contributed by atoms with Crippen LogP contribution in [-0.4, -0.2) is 24.1 Å². The molecule has 94 valence electrons. The predicted molar refractivity (Wildman–Crippen MR) is 66.6 cm³/mol. The Kier molecular flexibility index (Phi) is 5.06. The van der Waals surface area contributed by atoms with Crippen molar-refractivity contribution < 1.29 is 5.21 Å². The lowest BCUT2D eigenvalue weighted by molar-refractivity contribution is 0.227. The topological polar surface area (TPSA) is 70.6 Å². The highest BCUT2D eigenvalue weighted by Crippen LogP contribution is 2.42. The number of nitrogens with zero attached hydrogens (tertiary/aromatic N) is 1. The molecule has 0 aromatic heterocycles. The van der Waals surface area contributed by atoms with Crippen molar-refractivity contribution in [3.63, 3.8) is 0 Å². The average Bonchev–Trinajstić information content (AvgIpc) is 2.65. The van der Waals surface area contributed by atoms with Crippen LogP contribution in [0.15, 0.2) is 5.16 Å². The smallest absolute Gasteiger partial charge is 0.153 e. The van der Waals surface area contributed by atoms with E-state index in [1.807, 2.05) is 0 Å². The van der Waals surface area contributed by atoms with E-state index in [0.29, 0.717) is 12.0 Å². The summed E-state index contributed by atoms with van der Waals surface area (Å²) in [7, 11) is 0. The SMILES string of the molecule is CC(C)CC1(CNCC(N)=NO)CCCC1. The molecule has 0 unspecified atom stereocenters. The highest BCUT2D eigenvalue weighted by atomic mass is 16.4. The molecule has 1 aliphatic carbocycles. The zero-order chi connectivity index (χ0) is 12.0. The zero-order valence-corrected chi connectivity index (χ0v) is 10.5. The second kappa shape index (κ2) is 6.09. The summed E-state index contributed by atoms with van der Waals surface area (Å²) in [6.07, 6.45) is 6.59. The molecule has 16 heavy (non-hydrogen) atoms. The molecule has 0 spiro atoms. The first-order valence-electron chi connectivity index (χ1n) is 6.25. The standard InChI is InChI=1S/C12H25N3O/c1-10(2)7-12(5-3-4-6-12)9-14-8-11(13)15-16/h10,14,16H,3-9H2,1-2H3,(H2,13,15). The van der Waals surface area contributed by atoms with Gasteiger partial charge in [0, 0.05) is 6.54 Å². The maximum Gasteiger partial charge on any atom is 0.153 e. The third kappa shape index (κ3) is 4.00. The van der Waals surface area contributed by atoms with Crippen LogP contribution in [0, 0.1) is 11.3 Å². The highest BCUT2D eigenvalue weighted by molar-refractivity contribution is 5.81. The van der Waals surface area contributed by atoms with Gasteiger partial charge in [-0.25, -0.2) is 0 Å². The molecule has 4 N–H and O–H groups in total. The molecule has 4 nitrogen and oxygen atoms in total. The lowest BCUT2D eigenvalue weighted by Crippen LogP contribution is -2.38. The Balaban J connectivity index is 2.39. The Morgan fingerprint density at radius 3 is 2.56 bits per heavy atom. The summed E-state index contributed by atoms with van der Waals surface area (Å²) >= 11 is 0. The normalized spacial score (nSPS) is 20.6. The van der Waals surface area contributed by atoms with Gasteiger partial charge in [-0.05, 0) is 30.6 Å². The Bertz CT molecular complexity index is 232. The lowest BCUT2D eigenvalue weighted by atomic mass is 9.78. The third-order valence-electron chi connectivity index (χ3n) is 3.44. The molecule has 4 heteroatoms. The summed E-state index contributed by atoms with van der Waals surface area (Å²) in [5, 5.41) is 14.7. The molecule has 0 bridgehead atoms. The van der Waals surface area contributed by atoms with Crippen molar-refractivity contribution in [1.29, 1.82) is 0 Å². The summed E-state index contributed by atoms with van der Waals surface area (Å²) in [6.45, 7) is 6.03. The van der Waals surface area contributed by atoms with Crippen LogP contribution in [0.1, 0.15) is 46.0 Å².